The van der Waals surface area contributed by atoms with Crippen molar-refractivity contribution in [2.45, 2.75) is 20.3 Å². The quantitative estimate of drug-likeness (QED) is 0.231. The third-order valence-corrected chi connectivity index (χ3v) is 8.44. The second-order valence-electron chi connectivity index (χ2n) is 9.47. The van der Waals surface area contributed by atoms with Crippen molar-refractivity contribution in [1.29, 1.82) is 0 Å². The van der Waals surface area contributed by atoms with E-state index >= 15 is 0 Å². The van der Waals surface area contributed by atoms with Gasteiger partial charge in [-0.05, 0) is 38.5 Å². The molecule has 10 nitrogen and oxygen atoms in total. The lowest BCUT2D eigenvalue weighted by atomic mass is 10.1. The lowest BCUT2D eigenvalue weighted by Crippen LogP contribution is -2.36. The van der Waals surface area contributed by atoms with Crippen molar-refractivity contribution in [3.05, 3.63) is 81.1 Å². The van der Waals surface area contributed by atoms with Crippen molar-refractivity contribution in [3.63, 3.8) is 0 Å². The summed E-state index contributed by atoms with van der Waals surface area (Å²) in [6.07, 6.45) is 0.616. The maximum atomic E-state index is 13.7. The molecule has 1 fully saturated rings. The van der Waals surface area contributed by atoms with Gasteiger partial charge in [0.25, 0.3) is 17.4 Å². The van der Waals surface area contributed by atoms with Gasteiger partial charge in [-0.1, -0.05) is 60.4 Å². The number of nitrogens with one attached hydrogen (secondary N) is 1. The van der Waals surface area contributed by atoms with E-state index in [0.717, 1.165) is 11.8 Å². The molecule has 0 saturated carbocycles. The van der Waals surface area contributed by atoms with Gasteiger partial charge >= 0.3 is 0 Å². The Morgan fingerprint density at radius 2 is 1.71 bits per heavy atom. The standard InChI is InChI=1S/C29H29N5O5S2/c1-4-39-16-10-15-32-28(38)25(41-29(32)40)23-20-13-8-9-14-21(20)33(26(23)36)17-22(35)30-24-18(2)31(3)34(27(24)37)19-11-6-5-7-12-19/h5-9,11-14H,4,10,15-17H2,1-3H3,(H,30,35). The third-order valence-electron chi connectivity index (χ3n) is 6.99. The number of hydrogen-bond acceptors (Lipinski definition) is 7. The Bertz CT molecular complexity index is 1640. The SMILES string of the molecule is CCOCCCN1C(=O)C(=C2C(=O)N(CC(=O)Nc3c(C)n(C)n(-c4ccccc4)c3=O)c3ccccc32)SC1=S. The molecule has 0 spiro atoms. The molecule has 1 N–H and O–H groups in total. The van der Waals surface area contributed by atoms with Crippen molar-refractivity contribution in [1.82, 2.24) is 14.3 Å². The van der Waals surface area contributed by atoms with Gasteiger partial charge in [-0.2, -0.15) is 0 Å². The number of nitrogens with zero attached hydrogens (tertiary/aromatic N) is 4. The number of carbonyl (C=O) groups excluding carboxylic acids is 3. The van der Waals surface area contributed by atoms with Crippen LogP contribution >= 0.6 is 24.0 Å². The summed E-state index contributed by atoms with van der Waals surface area (Å²) in [5, 5.41) is 2.71. The molecule has 1 aromatic heterocycles. The molecule has 0 atom stereocenters. The van der Waals surface area contributed by atoms with Gasteiger partial charge in [-0.3, -0.25) is 33.7 Å². The number of thiocarbonyl (C=S) groups is 1. The number of ether oxygens (including phenoxy) is 1. The highest BCUT2D eigenvalue weighted by molar-refractivity contribution is 8.26. The Labute approximate surface area is 246 Å². The lowest BCUT2D eigenvalue weighted by molar-refractivity contribution is -0.122. The zero-order valence-electron chi connectivity index (χ0n) is 22.9. The number of hydrogen-bond donors (Lipinski definition) is 1. The topological polar surface area (TPSA) is 106 Å². The van der Waals surface area contributed by atoms with Gasteiger partial charge in [0, 0.05) is 32.4 Å². The monoisotopic (exact) mass is 591 g/mol. The van der Waals surface area contributed by atoms with Crippen LogP contribution in [-0.4, -0.2) is 62.6 Å². The van der Waals surface area contributed by atoms with Crippen LogP contribution in [0, 0.1) is 6.92 Å². The fourth-order valence-electron chi connectivity index (χ4n) is 4.90. The highest BCUT2D eigenvalue weighted by atomic mass is 32.2. The number of carbonyl (C=O) groups is 3. The van der Waals surface area contributed by atoms with Crippen LogP contribution in [0.2, 0.25) is 0 Å². The van der Waals surface area contributed by atoms with Crippen LogP contribution in [0.25, 0.3) is 11.3 Å². The molecule has 12 heteroatoms. The fraction of sp³-hybridized carbons (Fsp3) is 0.276. The molecule has 2 aliphatic rings. The lowest BCUT2D eigenvalue weighted by Gasteiger charge is -2.16. The molecule has 0 bridgehead atoms. The third kappa shape index (κ3) is 5.25. The fourth-order valence-corrected chi connectivity index (χ4v) is 6.28. The van der Waals surface area contributed by atoms with Crippen LogP contribution in [0.3, 0.4) is 0 Å². The van der Waals surface area contributed by atoms with Crippen LogP contribution in [0.5, 0.6) is 0 Å². The van der Waals surface area contributed by atoms with Gasteiger partial charge in [0.05, 0.1) is 27.5 Å². The minimum atomic E-state index is -0.538. The van der Waals surface area contributed by atoms with Crippen molar-refractivity contribution in [2.24, 2.45) is 7.05 Å². The first-order valence-corrected chi connectivity index (χ1v) is 14.4. The Morgan fingerprint density at radius 3 is 2.44 bits per heavy atom. The van der Waals surface area contributed by atoms with E-state index in [0.29, 0.717) is 53.1 Å². The van der Waals surface area contributed by atoms with Crippen LogP contribution < -0.4 is 15.8 Å². The molecule has 1 saturated heterocycles. The number of fused-ring (bicyclic) bond motifs is 1. The van der Waals surface area contributed by atoms with Crippen LogP contribution in [0.15, 0.2) is 64.3 Å². The van der Waals surface area contributed by atoms with E-state index in [2.05, 4.69) is 5.32 Å². The van der Waals surface area contributed by atoms with E-state index in [9.17, 15) is 19.2 Å². The molecule has 2 aromatic carbocycles. The molecule has 212 valence electrons. The predicted molar refractivity (Wildman–Crippen MR) is 163 cm³/mol. The van der Waals surface area contributed by atoms with Crippen LogP contribution in [-0.2, 0) is 26.2 Å². The molecule has 0 unspecified atom stereocenters. The summed E-state index contributed by atoms with van der Waals surface area (Å²) in [7, 11) is 1.74. The van der Waals surface area contributed by atoms with Crippen LogP contribution in [0.1, 0.15) is 24.6 Å². The number of amides is 3. The van der Waals surface area contributed by atoms with Gasteiger partial charge in [0.15, 0.2) is 0 Å². The van der Waals surface area contributed by atoms with E-state index in [4.69, 9.17) is 17.0 Å². The minimum Gasteiger partial charge on any atom is -0.382 e. The molecule has 0 radical (unpaired) electrons. The van der Waals surface area contributed by atoms with Crippen molar-refractivity contribution >= 4 is 63.0 Å². The summed E-state index contributed by atoms with van der Waals surface area (Å²) < 4.78 is 8.88. The zero-order chi connectivity index (χ0) is 29.3. The zero-order valence-corrected chi connectivity index (χ0v) is 24.5. The first kappa shape index (κ1) is 28.5. The number of para-hydroxylation sites is 2. The molecule has 0 aliphatic carbocycles. The van der Waals surface area contributed by atoms with Gasteiger partial charge in [-0.25, -0.2) is 4.68 Å². The van der Waals surface area contributed by atoms with E-state index in [1.807, 2.05) is 25.1 Å². The first-order chi connectivity index (χ1) is 19.7. The van der Waals surface area contributed by atoms with Crippen molar-refractivity contribution in [2.75, 3.05) is 36.5 Å². The summed E-state index contributed by atoms with van der Waals surface area (Å²) in [4.78, 5) is 56.7. The predicted octanol–water partition coefficient (Wildman–Crippen LogP) is 3.47. The van der Waals surface area contributed by atoms with Crippen molar-refractivity contribution in [3.8, 4) is 5.69 Å². The summed E-state index contributed by atoms with van der Waals surface area (Å²) in [5.74, 6) is -1.34. The van der Waals surface area contributed by atoms with Gasteiger partial charge in [0.1, 0.15) is 16.6 Å². The molecule has 3 amide bonds. The Hall–Kier alpha value is -4.00. The van der Waals surface area contributed by atoms with Gasteiger partial charge < -0.3 is 10.1 Å². The van der Waals surface area contributed by atoms with E-state index in [-0.39, 0.29) is 34.2 Å². The molecule has 2 aliphatic heterocycles. The van der Waals surface area contributed by atoms with E-state index in [1.54, 1.807) is 55.1 Å². The second-order valence-corrected chi connectivity index (χ2v) is 11.1. The summed E-state index contributed by atoms with van der Waals surface area (Å²) in [6, 6.07) is 16.1. The number of thioether (sulfide) groups is 1. The van der Waals surface area contributed by atoms with E-state index < -0.39 is 11.8 Å². The first-order valence-electron chi connectivity index (χ1n) is 13.1. The molecule has 3 heterocycles. The van der Waals surface area contributed by atoms with Gasteiger partial charge in [-0.15, -0.1) is 0 Å². The molecular formula is C29H29N5O5S2. The average molecular weight is 592 g/mol. The summed E-state index contributed by atoms with van der Waals surface area (Å²) in [6.45, 7) is 4.78. The minimum absolute atomic E-state index is 0.134. The van der Waals surface area contributed by atoms with E-state index in [1.165, 1.54) is 14.5 Å². The molecule has 5 rings (SSSR count). The normalized spacial score (nSPS) is 16.6. The highest BCUT2D eigenvalue weighted by Crippen LogP contribution is 2.44. The maximum absolute atomic E-state index is 13.7. The average Bonchev–Trinajstić information content (AvgIpc) is 3.48. The number of rotatable bonds is 9. The largest absolute Gasteiger partial charge is 0.382 e. The number of anilines is 2. The maximum Gasteiger partial charge on any atom is 0.295 e. The number of benzene rings is 2. The summed E-state index contributed by atoms with van der Waals surface area (Å²) >= 11 is 6.55. The Morgan fingerprint density at radius 1 is 1.00 bits per heavy atom. The molecule has 41 heavy (non-hydrogen) atoms. The smallest absolute Gasteiger partial charge is 0.295 e. The highest BCUT2D eigenvalue weighted by Gasteiger charge is 2.42. The van der Waals surface area contributed by atoms with Gasteiger partial charge in [0.2, 0.25) is 5.91 Å². The molecule has 3 aromatic rings. The van der Waals surface area contributed by atoms with Crippen LogP contribution in [0.4, 0.5) is 11.4 Å². The summed E-state index contributed by atoms with van der Waals surface area (Å²) in [5.41, 5.74) is 2.26. The second kappa shape index (κ2) is 11.9. The Balaban J connectivity index is 1.40. The molecular weight excluding hydrogens is 562 g/mol. The number of aromatic nitrogens is 2. The Kier molecular flexibility index (Phi) is 8.25. The van der Waals surface area contributed by atoms with Crippen molar-refractivity contribution < 1.29 is 19.1 Å².